The van der Waals surface area contributed by atoms with Crippen molar-refractivity contribution >= 4 is 23.1 Å². The number of halogens is 2. The van der Waals surface area contributed by atoms with E-state index in [1.54, 1.807) is 29.8 Å². The molecule has 2 N–H and O–H groups in total. The van der Waals surface area contributed by atoms with E-state index in [0.29, 0.717) is 67.1 Å². The molecule has 36 heavy (non-hydrogen) atoms. The van der Waals surface area contributed by atoms with E-state index in [2.05, 4.69) is 20.6 Å². The zero-order valence-corrected chi connectivity index (χ0v) is 19.9. The molecule has 9 nitrogen and oxygen atoms in total. The Balaban J connectivity index is 1.19. The van der Waals surface area contributed by atoms with Gasteiger partial charge in [-0.25, -0.2) is 13.8 Å². The molecule has 11 heteroatoms. The van der Waals surface area contributed by atoms with Gasteiger partial charge in [-0.15, -0.1) is 0 Å². The monoisotopic (exact) mass is 498 g/mol. The topological polar surface area (TPSA) is 101 Å². The predicted molar refractivity (Wildman–Crippen MR) is 131 cm³/mol. The highest BCUT2D eigenvalue weighted by atomic mass is 19.1. The van der Waals surface area contributed by atoms with Gasteiger partial charge in [-0.3, -0.25) is 19.5 Å². The normalized spacial score (nSPS) is 21.6. The van der Waals surface area contributed by atoms with Gasteiger partial charge in [0.05, 0.1) is 22.9 Å². The van der Waals surface area contributed by atoms with Crippen LogP contribution in [0.1, 0.15) is 23.6 Å². The first-order valence-corrected chi connectivity index (χ1v) is 12.0. The Labute approximate surface area is 206 Å². The third-order valence-corrected chi connectivity index (χ3v) is 6.91. The van der Waals surface area contributed by atoms with Crippen LogP contribution in [-0.4, -0.2) is 71.2 Å². The van der Waals surface area contributed by atoms with Crippen molar-refractivity contribution in [2.24, 2.45) is 0 Å². The molecule has 1 saturated heterocycles. The van der Waals surface area contributed by atoms with Gasteiger partial charge < -0.3 is 19.9 Å². The molecule has 1 unspecified atom stereocenters. The van der Waals surface area contributed by atoms with Gasteiger partial charge in [-0.05, 0) is 31.2 Å². The lowest BCUT2D eigenvalue weighted by atomic mass is 9.97. The van der Waals surface area contributed by atoms with Gasteiger partial charge in [0.25, 0.3) is 5.56 Å². The van der Waals surface area contributed by atoms with Crippen LogP contribution < -0.4 is 20.9 Å². The Morgan fingerprint density at radius 2 is 2.11 bits per heavy atom. The summed E-state index contributed by atoms with van der Waals surface area (Å²) in [5.74, 6) is 0.335. The van der Waals surface area contributed by atoms with Crippen molar-refractivity contribution in [3.63, 3.8) is 0 Å². The second-order valence-corrected chi connectivity index (χ2v) is 9.16. The second-order valence-electron chi connectivity index (χ2n) is 9.16. The highest BCUT2D eigenvalue weighted by molar-refractivity contribution is 5.80. The van der Waals surface area contributed by atoms with Crippen LogP contribution in [0.3, 0.4) is 0 Å². The molecule has 0 amide bonds. The fourth-order valence-electron chi connectivity index (χ4n) is 5.21. The molecular formula is C25H28F2N6O3. The lowest BCUT2D eigenvalue weighted by Gasteiger charge is -2.36. The number of aldehydes is 1. The first-order valence-electron chi connectivity index (χ1n) is 12.0. The standard InChI is InChI=1S/C25H28F2N6O3/c1-28-25-21(36-9-8-34)4-2-16(31-25)10-29-19-6-7-32(14-18(19)27)12-15-13-33-22(35)5-3-20-24(33)23(15)17(26)11-30-20/h2-5,8,11,15,18-19,29H,6-7,9-10,12-14H2,1H3,(H,28,31)/t15?,18-,19+/m0/s1. The summed E-state index contributed by atoms with van der Waals surface area (Å²) in [7, 11) is 1.71. The molecule has 2 aliphatic heterocycles. The fourth-order valence-corrected chi connectivity index (χ4v) is 5.21. The Hall–Kier alpha value is -3.44. The Morgan fingerprint density at radius 3 is 2.89 bits per heavy atom. The number of carbonyl (C=O) groups is 1. The molecule has 0 saturated carbocycles. The smallest absolute Gasteiger partial charge is 0.251 e. The molecule has 5 heterocycles. The number of pyridine rings is 3. The van der Waals surface area contributed by atoms with Gasteiger partial charge >= 0.3 is 0 Å². The van der Waals surface area contributed by atoms with Gasteiger partial charge in [-0.2, -0.15) is 0 Å². The van der Waals surface area contributed by atoms with E-state index >= 15 is 4.39 Å². The number of carbonyl (C=O) groups excluding carboxylic acids is 1. The van der Waals surface area contributed by atoms with Crippen molar-refractivity contribution < 1.29 is 18.3 Å². The number of hydrogen-bond donors (Lipinski definition) is 2. The zero-order chi connectivity index (χ0) is 25.2. The molecule has 3 aromatic rings. The molecule has 1 fully saturated rings. The van der Waals surface area contributed by atoms with Crippen LogP contribution in [0.15, 0.2) is 35.3 Å². The Morgan fingerprint density at radius 1 is 1.25 bits per heavy atom. The lowest BCUT2D eigenvalue weighted by molar-refractivity contribution is -0.109. The molecular weight excluding hydrogens is 470 g/mol. The summed E-state index contributed by atoms with van der Waals surface area (Å²) in [6, 6.07) is 6.25. The minimum atomic E-state index is -1.11. The Kier molecular flexibility index (Phi) is 6.92. The maximum atomic E-state index is 15.1. The molecule has 0 radical (unpaired) electrons. The number of ether oxygens (including phenoxy) is 1. The molecule has 3 atom stereocenters. The fraction of sp³-hybridized carbons (Fsp3) is 0.440. The molecule has 5 rings (SSSR count). The minimum Gasteiger partial charge on any atom is -0.482 e. The van der Waals surface area contributed by atoms with Crippen LogP contribution in [0.4, 0.5) is 14.6 Å². The first-order chi connectivity index (χ1) is 17.5. The van der Waals surface area contributed by atoms with E-state index in [-0.39, 0.29) is 30.7 Å². The third-order valence-electron chi connectivity index (χ3n) is 6.91. The summed E-state index contributed by atoms with van der Waals surface area (Å²) in [4.78, 5) is 33.5. The van der Waals surface area contributed by atoms with E-state index in [9.17, 15) is 14.0 Å². The molecule has 0 aliphatic carbocycles. The minimum absolute atomic E-state index is 0.0571. The van der Waals surface area contributed by atoms with E-state index in [1.165, 1.54) is 12.3 Å². The number of likely N-dealkylation sites (tertiary alicyclic amines) is 1. The summed E-state index contributed by atoms with van der Waals surface area (Å²) < 4.78 is 36.8. The van der Waals surface area contributed by atoms with Crippen molar-refractivity contribution in [2.75, 3.05) is 38.6 Å². The van der Waals surface area contributed by atoms with E-state index in [1.807, 2.05) is 4.90 Å². The molecule has 0 aromatic carbocycles. The maximum absolute atomic E-state index is 15.1. The van der Waals surface area contributed by atoms with E-state index in [4.69, 9.17) is 4.74 Å². The van der Waals surface area contributed by atoms with Crippen LogP contribution in [0.2, 0.25) is 0 Å². The largest absolute Gasteiger partial charge is 0.482 e. The zero-order valence-electron chi connectivity index (χ0n) is 19.9. The second kappa shape index (κ2) is 10.3. The number of hydrogen-bond acceptors (Lipinski definition) is 8. The van der Waals surface area contributed by atoms with Gasteiger partial charge in [0.15, 0.2) is 17.9 Å². The maximum Gasteiger partial charge on any atom is 0.251 e. The van der Waals surface area contributed by atoms with Crippen LogP contribution in [-0.2, 0) is 17.9 Å². The quantitative estimate of drug-likeness (QED) is 0.431. The van der Waals surface area contributed by atoms with Gasteiger partial charge in [0.2, 0.25) is 0 Å². The van der Waals surface area contributed by atoms with Crippen molar-refractivity contribution in [3.05, 3.63) is 57.9 Å². The van der Waals surface area contributed by atoms with Crippen molar-refractivity contribution in [2.45, 2.75) is 37.6 Å². The summed E-state index contributed by atoms with van der Waals surface area (Å²) >= 11 is 0. The van der Waals surface area contributed by atoms with Crippen LogP contribution in [0, 0.1) is 5.82 Å². The number of nitrogens with one attached hydrogen (secondary N) is 2. The first kappa shape index (κ1) is 24.3. The number of rotatable bonds is 9. The Bertz CT molecular complexity index is 1330. The number of alkyl halides is 1. The molecule has 2 aliphatic rings. The van der Waals surface area contributed by atoms with E-state index < -0.39 is 12.0 Å². The summed E-state index contributed by atoms with van der Waals surface area (Å²) in [6.07, 6.45) is 1.36. The molecule has 0 bridgehead atoms. The van der Waals surface area contributed by atoms with Crippen molar-refractivity contribution in [3.8, 4) is 5.75 Å². The SMILES string of the molecule is CNc1nc(CN[C@@H]2CCN(CC3Cn4c(=O)ccc5ncc(F)c3c54)C[C@@H]2F)ccc1OCC=O. The summed E-state index contributed by atoms with van der Waals surface area (Å²) in [6.45, 7) is 2.05. The third kappa shape index (κ3) is 4.68. The van der Waals surface area contributed by atoms with Crippen LogP contribution >= 0.6 is 0 Å². The highest BCUT2D eigenvalue weighted by Crippen LogP contribution is 2.34. The van der Waals surface area contributed by atoms with Gasteiger partial charge in [0, 0.05) is 56.8 Å². The van der Waals surface area contributed by atoms with Crippen molar-refractivity contribution in [1.82, 2.24) is 24.8 Å². The molecule has 0 spiro atoms. The number of anilines is 1. The summed E-state index contributed by atoms with van der Waals surface area (Å²) in [5, 5.41) is 6.20. The predicted octanol–water partition coefficient (Wildman–Crippen LogP) is 1.85. The highest BCUT2D eigenvalue weighted by Gasteiger charge is 2.34. The van der Waals surface area contributed by atoms with Crippen molar-refractivity contribution in [1.29, 1.82) is 0 Å². The number of piperidine rings is 1. The van der Waals surface area contributed by atoms with E-state index in [0.717, 1.165) is 5.69 Å². The van der Waals surface area contributed by atoms with Crippen LogP contribution in [0.5, 0.6) is 5.75 Å². The lowest BCUT2D eigenvalue weighted by Crippen LogP contribution is -2.51. The average molecular weight is 499 g/mol. The average Bonchev–Trinajstić information content (AvgIpc) is 3.27. The molecule has 3 aromatic heterocycles. The number of aromatic nitrogens is 3. The van der Waals surface area contributed by atoms with Gasteiger partial charge in [0.1, 0.15) is 18.6 Å². The summed E-state index contributed by atoms with van der Waals surface area (Å²) in [5.41, 5.74) is 2.19. The van der Waals surface area contributed by atoms with Crippen LogP contribution in [0.25, 0.3) is 11.0 Å². The number of nitrogens with zero attached hydrogens (tertiary/aromatic N) is 4. The molecule has 190 valence electrons. The van der Waals surface area contributed by atoms with Gasteiger partial charge in [-0.1, -0.05) is 0 Å².